The van der Waals surface area contributed by atoms with E-state index in [0.717, 1.165) is 22.7 Å². The summed E-state index contributed by atoms with van der Waals surface area (Å²) in [5, 5.41) is 9.02. The third-order valence-corrected chi connectivity index (χ3v) is 5.33. The molecule has 0 spiro atoms. The Morgan fingerprint density at radius 2 is 1.87 bits per heavy atom. The summed E-state index contributed by atoms with van der Waals surface area (Å²) in [5.41, 5.74) is 2.71. The molecule has 8 heteroatoms. The third kappa shape index (κ3) is 5.48. The molecule has 0 radical (unpaired) electrons. The predicted molar refractivity (Wildman–Crippen MR) is 125 cm³/mol. The fourth-order valence-electron chi connectivity index (χ4n) is 3.28. The Labute approximate surface area is 191 Å². The van der Waals surface area contributed by atoms with Crippen molar-refractivity contribution in [2.24, 2.45) is 0 Å². The molecule has 31 heavy (non-hydrogen) atoms. The number of nitrogens with one attached hydrogen (secondary N) is 1. The van der Waals surface area contributed by atoms with Gasteiger partial charge in [0, 0.05) is 21.6 Å². The largest absolute Gasteiger partial charge is 0.349 e. The molecule has 2 aromatic carbocycles. The molecule has 0 saturated carbocycles. The van der Waals surface area contributed by atoms with Gasteiger partial charge in [0.15, 0.2) is 5.69 Å². The van der Waals surface area contributed by atoms with Crippen molar-refractivity contribution in [1.29, 1.82) is 0 Å². The predicted octanol–water partition coefficient (Wildman–Crippen LogP) is 5.11. The van der Waals surface area contributed by atoms with Crippen LogP contribution >= 0.6 is 23.1 Å². The number of carbonyl (C=O) groups is 2. The summed E-state index contributed by atoms with van der Waals surface area (Å²) in [7, 11) is 0. The maximum absolute atomic E-state index is 13.6. The highest BCUT2D eigenvalue weighted by Gasteiger charge is 2.36. The highest BCUT2D eigenvalue weighted by Crippen LogP contribution is 2.34. The number of anilines is 1. The molecule has 3 rings (SSSR count). The van der Waals surface area contributed by atoms with E-state index in [1.54, 1.807) is 17.5 Å². The number of nitrogens with zero attached hydrogens (tertiary/aromatic N) is 3. The molecule has 162 valence electrons. The van der Waals surface area contributed by atoms with E-state index in [4.69, 9.17) is 11.6 Å². The first-order chi connectivity index (χ1) is 14.6. The summed E-state index contributed by atoms with van der Waals surface area (Å²) in [4.78, 5) is 28.7. The van der Waals surface area contributed by atoms with E-state index >= 15 is 0 Å². The number of hydrogen-bond acceptors (Lipinski definition) is 5. The Bertz CT molecular complexity index is 1090. The molecule has 2 amide bonds. The van der Waals surface area contributed by atoms with Crippen molar-refractivity contribution in [3.8, 4) is 0 Å². The molecule has 1 aromatic heterocycles. The summed E-state index contributed by atoms with van der Waals surface area (Å²) in [6, 6.07) is 11.9. The van der Waals surface area contributed by atoms with Crippen LogP contribution < -0.4 is 10.2 Å². The van der Waals surface area contributed by atoms with E-state index < -0.39 is 17.5 Å². The van der Waals surface area contributed by atoms with Crippen LogP contribution in [-0.2, 0) is 4.79 Å². The number of carbonyl (C=O) groups excluding carboxylic acids is 2. The van der Waals surface area contributed by atoms with E-state index in [9.17, 15) is 9.59 Å². The quantitative estimate of drug-likeness (QED) is 0.578. The van der Waals surface area contributed by atoms with Crippen molar-refractivity contribution in [3.05, 3.63) is 75.3 Å². The monoisotopic (exact) mass is 456 g/mol. The van der Waals surface area contributed by atoms with Crippen LogP contribution in [0.5, 0.6) is 0 Å². The van der Waals surface area contributed by atoms with Gasteiger partial charge in [-0.3, -0.25) is 14.5 Å². The van der Waals surface area contributed by atoms with E-state index in [2.05, 4.69) is 14.9 Å². The van der Waals surface area contributed by atoms with Gasteiger partial charge < -0.3 is 5.32 Å². The van der Waals surface area contributed by atoms with Gasteiger partial charge in [0.05, 0.1) is 0 Å². The highest BCUT2D eigenvalue weighted by atomic mass is 35.5. The van der Waals surface area contributed by atoms with Crippen LogP contribution in [0.4, 0.5) is 5.69 Å². The van der Waals surface area contributed by atoms with Gasteiger partial charge in [0.2, 0.25) is 5.91 Å². The zero-order chi connectivity index (χ0) is 22.8. The minimum Gasteiger partial charge on any atom is -0.349 e. The van der Waals surface area contributed by atoms with Gasteiger partial charge in [0.1, 0.15) is 6.04 Å². The first-order valence-electron chi connectivity index (χ1n) is 9.82. The van der Waals surface area contributed by atoms with Gasteiger partial charge in [-0.05, 0) is 69.4 Å². The van der Waals surface area contributed by atoms with Crippen molar-refractivity contribution >= 4 is 40.6 Å². The fourth-order valence-corrected chi connectivity index (χ4v) is 3.88. The molecule has 0 aliphatic heterocycles. The Kier molecular flexibility index (Phi) is 6.77. The zero-order valence-corrected chi connectivity index (χ0v) is 19.7. The Hall–Kier alpha value is -2.77. The molecule has 0 fully saturated rings. The lowest BCUT2D eigenvalue weighted by atomic mass is 9.98. The number of aromatic nitrogens is 2. The second-order valence-corrected chi connectivity index (χ2v) is 9.50. The Balaban J connectivity index is 2.24. The standard InChI is InChI=1S/C23H25ClN4O2S/c1-14-7-6-8-16(11-14)20(21(29)25-23(3,4)5)28(22(30)18-13-31-27-26-18)19-12-17(24)10-9-15(19)2/h6-13,20H,1-5H3,(H,25,29)/t20-/m1/s1. The van der Waals surface area contributed by atoms with Crippen molar-refractivity contribution in [1.82, 2.24) is 14.9 Å². The second kappa shape index (κ2) is 9.16. The van der Waals surface area contributed by atoms with Crippen LogP contribution in [0.15, 0.2) is 47.8 Å². The van der Waals surface area contributed by atoms with Gasteiger partial charge in [-0.1, -0.05) is 52.0 Å². The lowest BCUT2D eigenvalue weighted by Crippen LogP contribution is -2.49. The molecule has 1 heterocycles. The fraction of sp³-hybridized carbons (Fsp3) is 0.304. The molecule has 0 aliphatic carbocycles. The molecule has 6 nitrogen and oxygen atoms in total. The first kappa shape index (κ1) is 22.9. The molecular formula is C23H25ClN4O2S. The summed E-state index contributed by atoms with van der Waals surface area (Å²) in [6.07, 6.45) is 0. The summed E-state index contributed by atoms with van der Waals surface area (Å²) in [5.74, 6) is -0.719. The molecule has 1 N–H and O–H groups in total. The Morgan fingerprint density at radius 1 is 1.13 bits per heavy atom. The van der Waals surface area contributed by atoms with Crippen molar-refractivity contribution < 1.29 is 9.59 Å². The summed E-state index contributed by atoms with van der Waals surface area (Å²) in [6.45, 7) is 9.53. The molecule has 0 aliphatic rings. The highest BCUT2D eigenvalue weighted by molar-refractivity contribution is 7.03. The minimum atomic E-state index is -0.925. The third-order valence-electron chi connectivity index (χ3n) is 4.59. The number of hydrogen-bond donors (Lipinski definition) is 1. The normalized spacial score (nSPS) is 12.3. The second-order valence-electron chi connectivity index (χ2n) is 8.45. The van der Waals surface area contributed by atoms with Gasteiger partial charge in [0.25, 0.3) is 5.91 Å². The number of aryl methyl sites for hydroxylation is 2. The number of rotatable bonds is 5. The van der Waals surface area contributed by atoms with Gasteiger partial charge in [-0.25, -0.2) is 0 Å². The van der Waals surface area contributed by atoms with Crippen molar-refractivity contribution in [2.75, 3.05) is 4.90 Å². The average molecular weight is 457 g/mol. The number of halogens is 1. The van der Waals surface area contributed by atoms with Crippen LogP contribution in [0.1, 0.15) is 54.0 Å². The molecule has 1 atom stereocenters. The summed E-state index contributed by atoms with van der Waals surface area (Å²) < 4.78 is 3.83. The average Bonchev–Trinajstić information content (AvgIpc) is 3.21. The van der Waals surface area contributed by atoms with Crippen LogP contribution in [0.25, 0.3) is 0 Å². The SMILES string of the molecule is Cc1cccc([C@H](C(=O)NC(C)(C)C)N(C(=O)c2csnn2)c2cc(Cl)ccc2C)c1. The molecule has 0 saturated heterocycles. The molecule has 3 aromatic rings. The van der Waals surface area contributed by atoms with Gasteiger partial charge in [-0.15, -0.1) is 5.10 Å². The van der Waals surface area contributed by atoms with E-state index in [1.165, 1.54) is 4.90 Å². The van der Waals surface area contributed by atoms with Gasteiger partial charge >= 0.3 is 0 Å². The first-order valence-corrected chi connectivity index (χ1v) is 11.0. The van der Waals surface area contributed by atoms with Crippen LogP contribution in [0.3, 0.4) is 0 Å². The summed E-state index contributed by atoms with van der Waals surface area (Å²) >= 11 is 7.37. The number of benzene rings is 2. The maximum atomic E-state index is 13.6. The Morgan fingerprint density at radius 3 is 2.48 bits per heavy atom. The van der Waals surface area contributed by atoms with E-state index in [0.29, 0.717) is 16.3 Å². The van der Waals surface area contributed by atoms with Crippen LogP contribution in [0.2, 0.25) is 5.02 Å². The van der Waals surface area contributed by atoms with E-state index in [-0.39, 0.29) is 11.6 Å². The van der Waals surface area contributed by atoms with Crippen LogP contribution in [-0.4, -0.2) is 26.9 Å². The van der Waals surface area contributed by atoms with Gasteiger partial charge in [-0.2, -0.15) is 0 Å². The molecule has 0 unspecified atom stereocenters. The maximum Gasteiger partial charge on any atom is 0.280 e. The topological polar surface area (TPSA) is 75.2 Å². The molecular weight excluding hydrogens is 432 g/mol. The minimum absolute atomic E-state index is 0.172. The molecule has 0 bridgehead atoms. The van der Waals surface area contributed by atoms with E-state index in [1.807, 2.05) is 65.0 Å². The number of amides is 2. The van der Waals surface area contributed by atoms with Crippen molar-refractivity contribution in [2.45, 2.75) is 46.2 Å². The lowest BCUT2D eigenvalue weighted by molar-refractivity contribution is -0.123. The van der Waals surface area contributed by atoms with Crippen LogP contribution in [0, 0.1) is 13.8 Å². The zero-order valence-electron chi connectivity index (χ0n) is 18.1. The van der Waals surface area contributed by atoms with Crippen molar-refractivity contribution in [3.63, 3.8) is 0 Å². The lowest BCUT2D eigenvalue weighted by Gasteiger charge is -2.34. The smallest absolute Gasteiger partial charge is 0.280 e.